The zero-order valence-electron chi connectivity index (χ0n) is 17.5. The second kappa shape index (κ2) is 8.06. The number of aromatic amines is 1. The summed E-state index contributed by atoms with van der Waals surface area (Å²) in [7, 11) is 0. The number of nitrogens with zero attached hydrogens (tertiary/aromatic N) is 3. The molecule has 158 valence electrons. The molecule has 0 saturated carbocycles. The van der Waals surface area contributed by atoms with Crippen LogP contribution in [0.1, 0.15) is 31.1 Å². The van der Waals surface area contributed by atoms with Crippen LogP contribution in [-0.2, 0) is 9.53 Å². The lowest BCUT2D eigenvalue weighted by atomic mass is 10.1. The van der Waals surface area contributed by atoms with Gasteiger partial charge >= 0.3 is 11.7 Å². The molecular weight excluding hydrogens is 396 g/mol. The van der Waals surface area contributed by atoms with Gasteiger partial charge in [0.15, 0.2) is 0 Å². The van der Waals surface area contributed by atoms with Crippen LogP contribution in [-0.4, -0.2) is 33.0 Å². The summed E-state index contributed by atoms with van der Waals surface area (Å²) in [5.41, 5.74) is 1.65. The Kier molecular flexibility index (Phi) is 5.29. The van der Waals surface area contributed by atoms with Crippen molar-refractivity contribution in [3.63, 3.8) is 0 Å². The van der Waals surface area contributed by atoms with E-state index in [0.717, 1.165) is 21.3 Å². The Bertz CT molecular complexity index is 1440. The third-order valence-corrected chi connectivity index (χ3v) is 5.31. The molecule has 2 aromatic carbocycles. The molecule has 0 aliphatic heterocycles. The van der Waals surface area contributed by atoms with E-state index >= 15 is 0 Å². The summed E-state index contributed by atoms with van der Waals surface area (Å²) in [6, 6.07) is 13.8. The fraction of sp³-hybridized carbons (Fsp3) is 0.217. The first-order valence-electron chi connectivity index (χ1n) is 9.98. The fourth-order valence-corrected chi connectivity index (χ4v) is 3.82. The standard InChI is InChI=1S/C23H22N4O4/c1-4-31-22(29)15(3)26-14(2)18(16-9-6-8-12-20(16)26)13-24-27-21(28)17-10-5-7-11-19(17)25-23(27)30/h5-13,15H,4H2,1-3H3,(H,25,30)/t15-/m0/s1. The number of fused-ring (bicyclic) bond motifs is 2. The predicted molar refractivity (Wildman–Crippen MR) is 120 cm³/mol. The Labute approximate surface area is 177 Å². The van der Waals surface area contributed by atoms with Gasteiger partial charge in [-0.25, -0.2) is 9.59 Å². The van der Waals surface area contributed by atoms with Gasteiger partial charge in [-0.15, -0.1) is 4.68 Å². The topological polar surface area (TPSA) is 98.4 Å². The molecular formula is C23H22N4O4. The van der Waals surface area contributed by atoms with Crippen LogP contribution in [0, 0.1) is 6.92 Å². The second-order valence-electron chi connectivity index (χ2n) is 7.15. The van der Waals surface area contributed by atoms with Crippen molar-refractivity contribution in [3.8, 4) is 0 Å². The minimum Gasteiger partial charge on any atom is -0.464 e. The summed E-state index contributed by atoms with van der Waals surface area (Å²) in [6.45, 7) is 5.70. The summed E-state index contributed by atoms with van der Waals surface area (Å²) in [4.78, 5) is 40.2. The Balaban J connectivity index is 1.87. The molecule has 0 radical (unpaired) electrons. The maximum absolute atomic E-state index is 12.8. The number of H-pyrrole nitrogens is 1. The van der Waals surface area contributed by atoms with Crippen molar-refractivity contribution >= 4 is 34.0 Å². The number of ether oxygens (including phenoxy) is 1. The molecule has 8 heteroatoms. The van der Waals surface area contributed by atoms with Crippen molar-refractivity contribution in [1.29, 1.82) is 0 Å². The van der Waals surface area contributed by atoms with Crippen molar-refractivity contribution in [2.45, 2.75) is 26.8 Å². The molecule has 0 fully saturated rings. The Morgan fingerprint density at radius 2 is 1.81 bits per heavy atom. The molecule has 0 spiro atoms. The van der Waals surface area contributed by atoms with E-state index in [0.29, 0.717) is 23.1 Å². The van der Waals surface area contributed by atoms with Gasteiger partial charge in [0, 0.05) is 22.2 Å². The first kappa shape index (κ1) is 20.3. The Morgan fingerprint density at radius 3 is 2.55 bits per heavy atom. The highest BCUT2D eigenvalue weighted by molar-refractivity contribution is 6.01. The molecule has 4 aromatic rings. The number of carbonyl (C=O) groups is 1. The molecule has 0 unspecified atom stereocenters. The molecule has 8 nitrogen and oxygen atoms in total. The molecule has 1 N–H and O–H groups in total. The van der Waals surface area contributed by atoms with E-state index in [-0.39, 0.29) is 5.97 Å². The largest absolute Gasteiger partial charge is 0.464 e. The average molecular weight is 418 g/mol. The van der Waals surface area contributed by atoms with Crippen LogP contribution in [0.4, 0.5) is 0 Å². The van der Waals surface area contributed by atoms with E-state index in [1.807, 2.05) is 35.8 Å². The third kappa shape index (κ3) is 3.46. The summed E-state index contributed by atoms with van der Waals surface area (Å²) in [6.07, 6.45) is 1.48. The van der Waals surface area contributed by atoms with Crippen LogP contribution in [0.3, 0.4) is 0 Å². The van der Waals surface area contributed by atoms with Gasteiger partial charge in [0.1, 0.15) is 6.04 Å². The highest BCUT2D eigenvalue weighted by atomic mass is 16.5. The zero-order chi connectivity index (χ0) is 22.1. The van der Waals surface area contributed by atoms with Crippen molar-refractivity contribution in [2.75, 3.05) is 6.61 Å². The van der Waals surface area contributed by atoms with Crippen LogP contribution >= 0.6 is 0 Å². The van der Waals surface area contributed by atoms with E-state index in [2.05, 4.69) is 10.1 Å². The lowest BCUT2D eigenvalue weighted by molar-refractivity contribution is -0.146. The van der Waals surface area contributed by atoms with Crippen LogP contribution in [0.15, 0.2) is 63.2 Å². The normalized spacial score (nSPS) is 12.6. The van der Waals surface area contributed by atoms with Gasteiger partial charge in [0.2, 0.25) is 0 Å². The molecule has 4 rings (SSSR count). The minimum absolute atomic E-state index is 0.295. The van der Waals surface area contributed by atoms with Gasteiger partial charge in [-0.05, 0) is 39.0 Å². The smallest absolute Gasteiger partial charge is 0.349 e. The van der Waals surface area contributed by atoms with E-state index in [1.165, 1.54) is 6.21 Å². The van der Waals surface area contributed by atoms with Crippen molar-refractivity contribution in [2.24, 2.45) is 5.10 Å². The van der Waals surface area contributed by atoms with E-state index in [4.69, 9.17) is 4.74 Å². The van der Waals surface area contributed by atoms with Crippen molar-refractivity contribution in [3.05, 3.63) is 80.6 Å². The molecule has 2 aromatic heterocycles. The zero-order valence-corrected chi connectivity index (χ0v) is 17.5. The lowest BCUT2D eigenvalue weighted by Gasteiger charge is -2.16. The maximum Gasteiger partial charge on any atom is 0.349 e. The van der Waals surface area contributed by atoms with Crippen LogP contribution in [0.25, 0.3) is 21.8 Å². The average Bonchev–Trinajstić information content (AvgIpc) is 3.04. The Morgan fingerprint density at radius 1 is 1.13 bits per heavy atom. The van der Waals surface area contributed by atoms with Crippen molar-refractivity contribution in [1.82, 2.24) is 14.2 Å². The van der Waals surface area contributed by atoms with E-state index < -0.39 is 17.3 Å². The SMILES string of the molecule is CCOC(=O)[C@H](C)n1c(C)c(C=Nn2c(=O)[nH]c3ccccc3c2=O)c2ccccc21. The van der Waals surface area contributed by atoms with Gasteiger partial charge in [-0.1, -0.05) is 30.3 Å². The third-order valence-electron chi connectivity index (χ3n) is 5.31. The molecule has 0 aliphatic rings. The summed E-state index contributed by atoms with van der Waals surface area (Å²) >= 11 is 0. The number of carbonyl (C=O) groups excluding carboxylic acids is 1. The molecule has 1 atom stereocenters. The van der Waals surface area contributed by atoms with Crippen LogP contribution in [0.5, 0.6) is 0 Å². The first-order valence-corrected chi connectivity index (χ1v) is 9.98. The van der Waals surface area contributed by atoms with E-state index in [1.54, 1.807) is 38.1 Å². The summed E-state index contributed by atoms with van der Waals surface area (Å²) in [5.74, 6) is -0.336. The van der Waals surface area contributed by atoms with Gasteiger partial charge < -0.3 is 14.3 Å². The fourth-order valence-electron chi connectivity index (χ4n) is 3.82. The number of hydrogen-bond acceptors (Lipinski definition) is 5. The first-order chi connectivity index (χ1) is 14.9. The van der Waals surface area contributed by atoms with Gasteiger partial charge in [-0.3, -0.25) is 4.79 Å². The molecule has 0 bridgehead atoms. The van der Waals surface area contributed by atoms with Gasteiger partial charge in [-0.2, -0.15) is 5.10 Å². The van der Waals surface area contributed by atoms with E-state index in [9.17, 15) is 14.4 Å². The van der Waals surface area contributed by atoms with Crippen LogP contribution in [0.2, 0.25) is 0 Å². The lowest BCUT2D eigenvalue weighted by Crippen LogP contribution is -2.32. The van der Waals surface area contributed by atoms with Crippen molar-refractivity contribution < 1.29 is 9.53 Å². The molecule has 0 saturated heterocycles. The monoisotopic (exact) mass is 418 g/mol. The number of nitrogens with one attached hydrogen (secondary N) is 1. The molecule has 0 aliphatic carbocycles. The highest BCUT2D eigenvalue weighted by Gasteiger charge is 2.22. The summed E-state index contributed by atoms with van der Waals surface area (Å²) < 4.78 is 7.87. The second-order valence-corrected chi connectivity index (χ2v) is 7.15. The minimum atomic E-state index is -0.624. The molecule has 2 heterocycles. The van der Waals surface area contributed by atoms with Crippen LogP contribution < -0.4 is 11.2 Å². The highest BCUT2D eigenvalue weighted by Crippen LogP contribution is 2.28. The van der Waals surface area contributed by atoms with Gasteiger partial charge in [0.25, 0.3) is 5.56 Å². The number of rotatable bonds is 5. The number of esters is 1. The molecule has 0 amide bonds. The number of hydrogen-bond donors (Lipinski definition) is 1. The maximum atomic E-state index is 12.8. The van der Waals surface area contributed by atoms with Gasteiger partial charge in [0.05, 0.1) is 23.7 Å². The quantitative estimate of drug-likeness (QED) is 0.398. The number of para-hydroxylation sites is 2. The number of benzene rings is 2. The predicted octanol–water partition coefficient (Wildman–Crippen LogP) is 2.96. The Hall–Kier alpha value is -3.94. The number of aromatic nitrogens is 3. The molecule has 31 heavy (non-hydrogen) atoms. The summed E-state index contributed by atoms with van der Waals surface area (Å²) in [5, 5.41) is 5.42.